The van der Waals surface area contributed by atoms with Crippen LogP contribution in [0.15, 0.2) is 36.7 Å². The van der Waals surface area contributed by atoms with Gasteiger partial charge in [0, 0.05) is 45.3 Å². The van der Waals surface area contributed by atoms with Crippen LogP contribution in [0.1, 0.15) is 15.9 Å². The normalized spacial score (nSPS) is 22.6. The molecule has 7 heteroatoms. The smallest absolute Gasteiger partial charge is 0.257 e. The van der Waals surface area contributed by atoms with Crippen molar-refractivity contribution < 1.29 is 14.0 Å². The molecule has 3 heterocycles. The molecule has 2 aliphatic heterocycles. The van der Waals surface area contributed by atoms with Crippen molar-refractivity contribution in [1.29, 1.82) is 0 Å². The first kappa shape index (κ1) is 15.8. The van der Waals surface area contributed by atoms with Gasteiger partial charge in [0.05, 0.1) is 17.7 Å². The Balaban J connectivity index is 1.42. The number of benzene rings is 1. The summed E-state index contributed by atoms with van der Waals surface area (Å²) in [6, 6.07) is 6.33. The Hall–Kier alpha value is -2.70. The molecule has 25 heavy (non-hydrogen) atoms. The third kappa shape index (κ3) is 2.90. The molecular formula is C18H19FN4O2. The molecule has 130 valence electrons. The van der Waals surface area contributed by atoms with Crippen LogP contribution in [-0.4, -0.2) is 51.0 Å². The number of fused-ring (bicyclic) bond motifs is 1. The minimum atomic E-state index is -0.294. The lowest BCUT2D eigenvalue weighted by molar-refractivity contribution is -0.131. The summed E-state index contributed by atoms with van der Waals surface area (Å²) in [5.41, 5.74) is 1.34. The second-order valence-electron chi connectivity index (χ2n) is 6.83. The first-order valence-corrected chi connectivity index (χ1v) is 8.32. The maximum absolute atomic E-state index is 13.3. The third-order valence-electron chi connectivity index (χ3n) is 5.03. The molecule has 1 aromatic heterocycles. The summed E-state index contributed by atoms with van der Waals surface area (Å²) in [5, 5.41) is 4.03. The van der Waals surface area contributed by atoms with Crippen LogP contribution in [0.5, 0.6) is 0 Å². The fourth-order valence-corrected chi connectivity index (χ4v) is 3.82. The van der Waals surface area contributed by atoms with Gasteiger partial charge in [-0.3, -0.25) is 14.3 Å². The van der Waals surface area contributed by atoms with E-state index in [-0.39, 0.29) is 29.5 Å². The molecule has 2 aliphatic rings. The predicted octanol–water partition coefficient (Wildman–Crippen LogP) is 1.29. The summed E-state index contributed by atoms with van der Waals surface area (Å²) in [6.45, 7) is 2.04. The van der Waals surface area contributed by atoms with Gasteiger partial charge < -0.3 is 9.80 Å². The van der Waals surface area contributed by atoms with E-state index < -0.39 is 0 Å². The molecule has 4 rings (SSSR count). The number of amides is 2. The van der Waals surface area contributed by atoms with Crippen LogP contribution >= 0.6 is 0 Å². The number of likely N-dealkylation sites (tertiary alicyclic amines) is 2. The molecule has 1 aromatic carbocycles. The Kier molecular flexibility index (Phi) is 3.78. The molecule has 0 N–H and O–H groups in total. The average Bonchev–Trinajstić information content (AvgIpc) is 3.25. The van der Waals surface area contributed by atoms with Crippen molar-refractivity contribution in [2.75, 3.05) is 19.6 Å². The molecular weight excluding hydrogens is 323 g/mol. The van der Waals surface area contributed by atoms with Gasteiger partial charge in [0.2, 0.25) is 5.91 Å². The highest BCUT2D eigenvalue weighted by atomic mass is 19.1. The number of nitrogens with zero attached hydrogens (tertiary/aromatic N) is 4. The molecule has 0 saturated carbocycles. The van der Waals surface area contributed by atoms with Gasteiger partial charge in [0.1, 0.15) is 5.82 Å². The summed E-state index contributed by atoms with van der Waals surface area (Å²) in [6.07, 6.45) is 3.24. The zero-order valence-electron chi connectivity index (χ0n) is 13.9. The number of aromatic nitrogens is 2. The zero-order valence-corrected chi connectivity index (χ0v) is 13.9. The van der Waals surface area contributed by atoms with Crippen LogP contribution in [0.3, 0.4) is 0 Å². The second-order valence-corrected chi connectivity index (χ2v) is 6.83. The molecule has 0 radical (unpaired) electrons. The number of hydrogen-bond acceptors (Lipinski definition) is 3. The maximum Gasteiger partial charge on any atom is 0.257 e. The van der Waals surface area contributed by atoms with Gasteiger partial charge in [-0.15, -0.1) is 0 Å². The van der Waals surface area contributed by atoms with E-state index in [9.17, 15) is 14.0 Å². The summed E-state index contributed by atoms with van der Waals surface area (Å²) < 4.78 is 14.9. The number of aryl methyl sites for hydroxylation is 1. The van der Waals surface area contributed by atoms with Crippen LogP contribution in [-0.2, 0) is 18.4 Å². The molecule has 0 unspecified atom stereocenters. The number of carbonyl (C=O) groups is 2. The Labute approximate surface area is 144 Å². The van der Waals surface area contributed by atoms with E-state index >= 15 is 0 Å². The van der Waals surface area contributed by atoms with Gasteiger partial charge in [0.25, 0.3) is 5.91 Å². The Morgan fingerprint density at radius 3 is 2.84 bits per heavy atom. The molecule has 2 saturated heterocycles. The van der Waals surface area contributed by atoms with Crippen molar-refractivity contribution in [3.05, 3.63) is 53.6 Å². The molecule has 2 atom stereocenters. The van der Waals surface area contributed by atoms with Crippen molar-refractivity contribution in [1.82, 2.24) is 19.6 Å². The van der Waals surface area contributed by atoms with E-state index in [1.807, 2.05) is 6.07 Å². The van der Waals surface area contributed by atoms with Gasteiger partial charge in [-0.1, -0.05) is 12.1 Å². The monoisotopic (exact) mass is 342 g/mol. The molecule has 6 nitrogen and oxygen atoms in total. The quantitative estimate of drug-likeness (QED) is 0.845. The van der Waals surface area contributed by atoms with Crippen LogP contribution in [0.25, 0.3) is 0 Å². The molecule has 0 bridgehead atoms. The second kappa shape index (κ2) is 5.98. The van der Waals surface area contributed by atoms with Crippen molar-refractivity contribution >= 4 is 11.8 Å². The largest absolute Gasteiger partial charge is 0.338 e. The highest BCUT2D eigenvalue weighted by molar-refractivity contribution is 5.95. The maximum atomic E-state index is 13.3. The number of rotatable bonds is 3. The SMILES string of the molecule is Cn1cc(C(=O)N2C[C@H]3CN(Cc4cccc(F)c4)C(=O)[C@@H]3C2)cn1. The number of halogens is 1. The van der Waals surface area contributed by atoms with E-state index in [2.05, 4.69) is 5.10 Å². The standard InChI is InChI=1S/C18H19FN4O2/c1-21-8-13(6-20-21)17(24)23-10-14-9-22(18(25)16(14)11-23)7-12-3-2-4-15(19)5-12/h2-6,8,14,16H,7,9-11H2,1H3/t14-,16-/m1/s1. The van der Waals surface area contributed by atoms with Crippen molar-refractivity contribution in [3.63, 3.8) is 0 Å². The third-order valence-corrected chi connectivity index (χ3v) is 5.03. The highest BCUT2D eigenvalue weighted by Crippen LogP contribution is 2.33. The van der Waals surface area contributed by atoms with E-state index in [0.29, 0.717) is 31.7 Å². The minimum Gasteiger partial charge on any atom is -0.338 e. The van der Waals surface area contributed by atoms with E-state index in [1.54, 1.807) is 40.0 Å². The van der Waals surface area contributed by atoms with Crippen LogP contribution in [0.2, 0.25) is 0 Å². The Morgan fingerprint density at radius 2 is 2.16 bits per heavy atom. The fraction of sp³-hybridized carbons (Fsp3) is 0.389. The van der Waals surface area contributed by atoms with Crippen molar-refractivity contribution in [2.24, 2.45) is 18.9 Å². The summed E-state index contributed by atoms with van der Waals surface area (Å²) in [5.74, 6) is -0.337. The molecule has 0 aliphatic carbocycles. The molecule has 2 amide bonds. The van der Waals surface area contributed by atoms with Gasteiger partial charge >= 0.3 is 0 Å². The van der Waals surface area contributed by atoms with E-state index in [4.69, 9.17) is 0 Å². The lowest BCUT2D eigenvalue weighted by Crippen LogP contribution is -2.35. The predicted molar refractivity (Wildman–Crippen MR) is 87.9 cm³/mol. The molecule has 2 fully saturated rings. The molecule has 0 spiro atoms. The summed E-state index contributed by atoms with van der Waals surface area (Å²) >= 11 is 0. The van der Waals surface area contributed by atoms with E-state index in [1.165, 1.54) is 12.1 Å². The average molecular weight is 342 g/mol. The highest BCUT2D eigenvalue weighted by Gasteiger charge is 2.47. The molecule has 2 aromatic rings. The first-order valence-electron chi connectivity index (χ1n) is 8.32. The lowest BCUT2D eigenvalue weighted by Gasteiger charge is -2.21. The van der Waals surface area contributed by atoms with Crippen LogP contribution in [0, 0.1) is 17.7 Å². The Morgan fingerprint density at radius 1 is 1.32 bits per heavy atom. The van der Waals surface area contributed by atoms with Gasteiger partial charge in [0.15, 0.2) is 0 Å². The van der Waals surface area contributed by atoms with Crippen LogP contribution in [0.4, 0.5) is 4.39 Å². The van der Waals surface area contributed by atoms with Gasteiger partial charge in [-0.25, -0.2) is 4.39 Å². The zero-order chi connectivity index (χ0) is 17.6. The Bertz CT molecular complexity index is 834. The minimum absolute atomic E-state index is 0.0516. The first-order chi connectivity index (χ1) is 12.0. The summed E-state index contributed by atoms with van der Waals surface area (Å²) in [7, 11) is 1.77. The van der Waals surface area contributed by atoms with Crippen molar-refractivity contribution in [3.8, 4) is 0 Å². The van der Waals surface area contributed by atoms with Gasteiger partial charge in [-0.05, 0) is 17.7 Å². The van der Waals surface area contributed by atoms with Gasteiger partial charge in [-0.2, -0.15) is 5.10 Å². The van der Waals surface area contributed by atoms with Crippen molar-refractivity contribution in [2.45, 2.75) is 6.54 Å². The topological polar surface area (TPSA) is 58.4 Å². The van der Waals surface area contributed by atoms with Crippen LogP contribution < -0.4 is 0 Å². The number of carbonyl (C=O) groups excluding carboxylic acids is 2. The lowest BCUT2D eigenvalue weighted by atomic mass is 10.0. The fourth-order valence-electron chi connectivity index (χ4n) is 3.82. The summed E-state index contributed by atoms with van der Waals surface area (Å²) in [4.78, 5) is 28.7. The van der Waals surface area contributed by atoms with E-state index in [0.717, 1.165) is 5.56 Å². The number of hydrogen-bond donors (Lipinski definition) is 0.